The molecule has 1 rings (SSSR count). The van der Waals surface area contributed by atoms with Gasteiger partial charge in [-0.15, -0.1) is 0 Å². The molecule has 414 valence electrons. The summed E-state index contributed by atoms with van der Waals surface area (Å²) < 4.78 is 28.2. The van der Waals surface area contributed by atoms with Crippen LogP contribution in [0.15, 0.2) is 97.2 Å². The molecular formula is C61H98O12. The van der Waals surface area contributed by atoms with Gasteiger partial charge in [0, 0.05) is 12.8 Å². The maximum absolute atomic E-state index is 13.1. The van der Waals surface area contributed by atoms with E-state index < -0.39 is 67.3 Å². The maximum atomic E-state index is 13.1. The Balaban J connectivity index is 2.75. The quantitative estimate of drug-likeness (QED) is 0.0228. The number of hydrogen-bond acceptors (Lipinski definition) is 11. The minimum atomic E-state index is -1.92. The molecule has 6 atom stereocenters. The lowest BCUT2D eigenvalue weighted by Gasteiger charge is -2.40. The van der Waals surface area contributed by atoms with Gasteiger partial charge in [-0.2, -0.15) is 0 Å². The summed E-state index contributed by atoms with van der Waals surface area (Å²) in [6, 6.07) is 0. The van der Waals surface area contributed by atoms with E-state index >= 15 is 0 Å². The fourth-order valence-corrected chi connectivity index (χ4v) is 7.80. The van der Waals surface area contributed by atoms with Crippen molar-refractivity contribution in [3.05, 3.63) is 97.2 Å². The van der Waals surface area contributed by atoms with Gasteiger partial charge in [-0.05, 0) is 96.3 Å². The SMILES string of the molecule is CC/C=C\C/C=C\C/C=C\C/C=C\C/C=C\CC(=O)OCC(COC1OC(C(=O)O)C(O)C(O)C1OC(=O)CCCCCCCCC/C=C\C/C=C\CCCCC)OC(=O)CCCCCCC/C=C\CCCC. The van der Waals surface area contributed by atoms with E-state index in [1.54, 1.807) is 6.08 Å². The highest BCUT2D eigenvalue weighted by molar-refractivity contribution is 5.74. The van der Waals surface area contributed by atoms with E-state index in [4.69, 9.17) is 23.7 Å². The predicted molar refractivity (Wildman–Crippen MR) is 294 cm³/mol. The van der Waals surface area contributed by atoms with Crippen molar-refractivity contribution in [3.8, 4) is 0 Å². The van der Waals surface area contributed by atoms with Gasteiger partial charge in [0.05, 0.1) is 13.0 Å². The number of aliphatic carboxylic acids is 1. The number of rotatable bonds is 46. The Morgan fingerprint density at radius 2 is 0.918 bits per heavy atom. The van der Waals surface area contributed by atoms with Crippen LogP contribution in [-0.4, -0.2) is 89.2 Å². The zero-order chi connectivity index (χ0) is 53.3. The van der Waals surface area contributed by atoms with Crippen LogP contribution in [0.5, 0.6) is 0 Å². The topological polar surface area (TPSA) is 175 Å². The Kier molecular flexibility index (Phi) is 44.4. The number of carbonyl (C=O) groups excluding carboxylic acids is 3. The highest BCUT2D eigenvalue weighted by atomic mass is 16.7. The molecule has 0 spiro atoms. The number of hydrogen-bond donors (Lipinski definition) is 3. The summed E-state index contributed by atoms with van der Waals surface area (Å²) >= 11 is 0. The van der Waals surface area contributed by atoms with E-state index in [2.05, 4.69) is 99.8 Å². The van der Waals surface area contributed by atoms with Gasteiger partial charge < -0.3 is 39.0 Å². The van der Waals surface area contributed by atoms with Gasteiger partial charge in [-0.3, -0.25) is 14.4 Å². The lowest BCUT2D eigenvalue weighted by molar-refractivity contribution is -0.301. The van der Waals surface area contributed by atoms with Crippen LogP contribution in [-0.2, 0) is 42.9 Å². The molecule has 73 heavy (non-hydrogen) atoms. The Morgan fingerprint density at radius 3 is 1.44 bits per heavy atom. The summed E-state index contributed by atoms with van der Waals surface area (Å²) in [6.45, 7) is 5.69. The molecule has 0 aromatic heterocycles. The number of aliphatic hydroxyl groups is 2. The third-order valence-corrected chi connectivity index (χ3v) is 12.1. The lowest BCUT2D eigenvalue weighted by Crippen LogP contribution is -2.61. The molecule has 0 radical (unpaired) electrons. The highest BCUT2D eigenvalue weighted by Gasteiger charge is 2.50. The number of carboxylic acids is 1. The average Bonchev–Trinajstić information content (AvgIpc) is 3.37. The van der Waals surface area contributed by atoms with E-state index in [0.717, 1.165) is 122 Å². The third kappa shape index (κ3) is 38.8. The summed E-state index contributed by atoms with van der Waals surface area (Å²) in [5.74, 6) is -3.32. The molecule has 1 saturated heterocycles. The number of esters is 3. The maximum Gasteiger partial charge on any atom is 0.335 e. The van der Waals surface area contributed by atoms with Gasteiger partial charge in [0.25, 0.3) is 0 Å². The minimum absolute atomic E-state index is 0.0206. The first-order chi connectivity index (χ1) is 35.6. The van der Waals surface area contributed by atoms with E-state index in [1.165, 1.54) is 32.1 Å². The van der Waals surface area contributed by atoms with Crippen molar-refractivity contribution in [2.24, 2.45) is 0 Å². The minimum Gasteiger partial charge on any atom is -0.479 e. The van der Waals surface area contributed by atoms with Gasteiger partial charge in [-0.25, -0.2) is 4.79 Å². The monoisotopic (exact) mass is 1020 g/mol. The summed E-state index contributed by atoms with van der Waals surface area (Å²) in [6.07, 6.45) is 51.2. The molecule has 0 aliphatic carbocycles. The van der Waals surface area contributed by atoms with Crippen molar-refractivity contribution in [1.29, 1.82) is 0 Å². The van der Waals surface area contributed by atoms with Gasteiger partial charge >= 0.3 is 23.9 Å². The molecular weight excluding hydrogens is 925 g/mol. The molecule has 0 amide bonds. The van der Waals surface area contributed by atoms with E-state index in [9.17, 15) is 34.5 Å². The summed E-state index contributed by atoms with van der Waals surface area (Å²) in [5.41, 5.74) is 0. The van der Waals surface area contributed by atoms with Crippen LogP contribution in [0.2, 0.25) is 0 Å². The fraction of sp³-hybridized carbons (Fsp3) is 0.672. The standard InChI is InChI=1S/C61H98O12/c1-4-7-10-13-16-19-22-24-26-27-29-31-34-37-40-43-46-49-55(64)72-59-57(66)56(65)58(60(67)68)73-61(59)70-51-52(71-54(63)48-45-42-39-36-32-21-18-15-12-9-6-3)50-69-53(62)47-44-41-38-35-33-30-28-25-23-20-17-14-11-8-5-2/h8,11,15-20,24-26,28,33,35,41,44,52,56-59,61,65-66H,4-7,9-10,12-14,21-23,27,29-32,34,36-40,42-43,45-51H2,1-3H3,(H,67,68)/b11-8-,18-15-,19-16-,20-17-,26-24-,28-25-,35-33-,44-41-. The van der Waals surface area contributed by atoms with Crippen LogP contribution in [0.25, 0.3) is 0 Å². The molecule has 12 heteroatoms. The normalized spacial score (nSPS) is 19.1. The van der Waals surface area contributed by atoms with Crippen molar-refractivity contribution in [3.63, 3.8) is 0 Å². The number of aliphatic hydroxyl groups excluding tert-OH is 2. The molecule has 12 nitrogen and oxygen atoms in total. The van der Waals surface area contributed by atoms with Crippen LogP contribution in [0, 0.1) is 0 Å². The molecule has 1 fully saturated rings. The second kappa shape index (κ2) is 48.6. The second-order valence-corrected chi connectivity index (χ2v) is 18.8. The average molecular weight is 1020 g/mol. The summed E-state index contributed by atoms with van der Waals surface area (Å²) in [7, 11) is 0. The Morgan fingerprint density at radius 1 is 0.479 bits per heavy atom. The smallest absolute Gasteiger partial charge is 0.335 e. The van der Waals surface area contributed by atoms with Crippen molar-refractivity contribution in [2.75, 3.05) is 13.2 Å². The molecule has 1 aliphatic rings. The molecule has 6 unspecified atom stereocenters. The Hall–Kier alpha value is -4.36. The van der Waals surface area contributed by atoms with Gasteiger partial charge in [0.1, 0.15) is 18.8 Å². The molecule has 0 aromatic rings. The van der Waals surface area contributed by atoms with Crippen molar-refractivity contribution in [1.82, 2.24) is 0 Å². The third-order valence-electron chi connectivity index (χ3n) is 12.1. The Bertz CT molecular complexity index is 1640. The number of carboxylic acid groups (broad SMARTS) is 1. The molecule has 0 bridgehead atoms. The Labute approximate surface area is 441 Å². The zero-order valence-corrected chi connectivity index (χ0v) is 45.3. The first kappa shape index (κ1) is 66.7. The second-order valence-electron chi connectivity index (χ2n) is 18.8. The number of allylic oxidation sites excluding steroid dienone is 15. The highest BCUT2D eigenvalue weighted by Crippen LogP contribution is 2.26. The molecule has 0 saturated carbocycles. The molecule has 0 aromatic carbocycles. The van der Waals surface area contributed by atoms with Crippen molar-refractivity contribution in [2.45, 2.75) is 250 Å². The van der Waals surface area contributed by atoms with Gasteiger partial charge in [-0.1, -0.05) is 195 Å². The predicted octanol–water partition coefficient (Wildman–Crippen LogP) is 14.1. The molecule has 3 N–H and O–H groups in total. The lowest BCUT2D eigenvalue weighted by atomic mass is 9.98. The first-order valence-electron chi connectivity index (χ1n) is 28.2. The largest absolute Gasteiger partial charge is 0.479 e. The van der Waals surface area contributed by atoms with E-state index in [1.807, 2.05) is 12.2 Å². The zero-order valence-electron chi connectivity index (χ0n) is 45.3. The van der Waals surface area contributed by atoms with Gasteiger partial charge in [0.15, 0.2) is 24.6 Å². The van der Waals surface area contributed by atoms with Crippen LogP contribution in [0.3, 0.4) is 0 Å². The van der Waals surface area contributed by atoms with Crippen molar-refractivity contribution < 1.29 is 58.2 Å². The van der Waals surface area contributed by atoms with Crippen molar-refractivity contribution >= 4 is 23.9 Å². The van der Waals surface area contributed by atoms with Crippen LogP contribution in [0.1, 0.15) is 213 Å². The molecule has 1 heterocycles. The van der Waals surface area contributed by atoms with Crippen LogP contribution < -0.4 is 0 Å². The number of unbranched alkanes of at least 4 members (excludes halogenated alkanes) is 17. The van der Waals surface area contributed by atoms with E-state index in [0.29, 0.717) is 19.3 Å². The first-order valence-corrected chi connectivity index (χ1v) is 28.2. The summed E-state index contributed by atoms with van der Waals surface area (Å²) in [4.78, 5) is 50.9. The fourth-order valence-electron chi connectivity index (χ4n) is 7.80. The van der Waals surface area contributed by atoms with Gasteiger partial charge in [0.2, 0.25) is 0 Å². The van der Waals surface area contributed by atoms with Crippen LogP contribution >= 0.6 is 0 Å². The molecule has 1 aliphatic heterocycles. The summed E-state index contributed by atoms with van der Waals surface area (Å²) in [5, 5.41) is 31.4. The number of carbonyl (C=O) groups is 4. The van der Waals surface area contributed by atoms with E-state index in [-0.39, 0.29) is 25.9 Å². The number of ether oxygens (including phenoxy) is 5. The van der Waals surface area contributed by atoms with Crippen LogP contribution in [0.4, 0.5) is 0 Å².